The Morgan fingerprint density at radius 3 is 1.93 bits per heavy atom. The van der Waals surface area contributed by atoms with E-state index in [2.05, 4.69) is 10.2 Å². The maximum absolute atomic E-state index is 5.79. The van der Waals surface area contributed by atoms with Crippen molar-refractivity contribution in [2.75, 3.05) is 47.5 Å². The Balaban J connectivity index is 0.00000182. The Bertz CT molecular complexity index is 519. The number of halogens is 2. The van der Waals surface area contributed by atoms with Crippen LogP contribution in [0.1, 0.15) is 43.7 Å². The minimum atomic E-state index is 0. The zero-order chi connectivity index (χ0) is 17.6. The molecule has 1 aromatic carbocycles. The monoisotopic (exact) mass is 420 g/mol. The Labute approximate surface area is 175 Å². The molecule has 0 aromatic heterocycles. The Hall–Kier alpha value is -0.880. The van der Waals surface area contributed by atoms with Crippen LogP contribution in [-0.2, 0) is 0 Å². The smallest absolute Gasteiger partial charge is 0.131 e. The second-order valence-electron chi connectivity index (χ2n) is 7.07. The van der Waals surface area contributed by atoms with E-state index in [9.17, 15) is 0 Å². The minimum absolute atomic E-state index is 0. The predicted octanol–water partition coefficient (Wildman–Crippen LogP) is 4.08. The van der Waals surface area contributed by atoms with Crippen LogP contribution in [0.25, 0.3) is 0 Å². The molecule has 1 N–H and O–H groups in total. The van der Waals surface area contributed by atoms with Crippen molar-refractivity contribution in [2.45, 2.75) is 38.1 Å². The second kappa shape index (κ2) is 11.8. The largest absolute Gasteiger partial charge is 0.496 e. The fourth-order valence-corrected chi connectivity index (χ4v) is 4.45. The van der Waals surface area contributed by atoms with Gasteiger partial charge in [0.25, 0.3) is 0 Å². The molecule has 2 fully saturated rings. The highest BCUT2D eigenvalue weighted by molar-refractivity contribution is 5.85. The van der Waals surface area contributed by atoms with Gasteiger partial charge in [-0.1, -0.05) is 19.3 Å². The van der Waals surface area contributed by atoms with Gasteiger partial charge in [0.15, 0.2) is 0 Å². The predicted molar refractivity (Wildman–Crippen MR) is 114 cm³/mol. The van der Waals surface area contributed by atoms with E-state index in [-0.39, 0.29) is 24.8 Å². The molecular weight excluding hydrogens is 387 g/mol. The number of hydrogen-bond donors (Lipinski definition) is 1. The number of rotatable bonds is 6. The van der Waals surface area contributed by atoms with Crippen LogP contribution in [0, 0.1) is 5.92 Å². The van der Waals surface area contributed by atoms with E-state index in [0.29, 0.717) is 12.0 Å². The van der Waals surface area contributed by atoms with Gasteiger partial charge in [-0.15, -0.1) is 24.8 Å². The van der Waals surface area contributed by atoms with Gasteiger partial charge >= 0.3 is 0 Å². The van der Waals surface area contributed by atoms with Crippen LogP contribution in [0.3, 0.4) is 0 Å². The van der Waals surface area contributed by atoms with Gasteiger partial charge in [-0.2, -0.15) is 0 Å². The average Bonchev–Trinajstić information content (AvgIpc) is 2.69. The summed E-state index contributed by atoms with van der Waals surface area (Å²) < 4.78 is 17.0. The van der Waals surface area contributed by atoms with Crippen molar-refractivity contribution < 1.29 is 14.2 Å². The van der Waals surface area contributed by atoms with Gasteiger partial charge in [0.1, 0.15) is 17.2 Å². The van der Waals surface area contributed by atoms with E-state index in [1.807, 2.05) is 12.1 Å². The first kappa shape index (κ1) is 24.2. The van der Waals surface area contributed by atoms with E-state index in [4.69, 9.17) is 14.2 Å². The van der Waals surface area contributed by atoms with Crippen molar-refractivity contribution in [1.29, 1.82) is 0 Å². The summed E-state index contributed by atoms with van der Waals surface area (Å²) in [4.78, 5) is 2.62. The van der Waals surface area contributed by atoms with E-state index in [1.165, 1.54) is 37.7 Å². The molecule has 156 valence electrons. The lowest BCUT2D eigenvalue weighted by Gasteiger charge is -2.42. The summed E-state index contributed by atoms with van der Waals surface area (Å²) in [5.74, 6) is 3.19. The van der Waals surface area contributed by atoms with Gasteiger partial charge in [0.05, 0.1) is 26.9 Å². The summed E-state index contributed by atoms with van der Waals surface area (Å²) in [7, 11) is 5.17. The topological polar surface area (TPSA) is 43.0 Å². The molecule has 0 amide bonds. The lowest BCUT2D eigenvalue weighted by molar-refractivity contribution is 0.0989. The average molecular weight is 421 g/mol. The molecule has 3 rings (SSSR count). The molecule has 7 heteroatoms. The number of piperazine rings is 1. The number of nitrogens with zero attached hydrogens (tertiary/aromatic N) is 1. The van der Waals surface area contributed by atoms with Crippen molar-refractivity contribution in [3.8, 4) is 17.2 Å². The van der Waals surface area contributed by atoms with E-state index in [1.54, 1.807) is 21.3 Å². The maximum atomic E-state index is 5.79. The third-order valence-corrected chi connectivity index (χ3v) is 5.69. The van der Waals surface area contributed by atoms with E-state index >= 15 is 0 Å². The van der Waals surface area contributed by atoms with Crippen molar-refractivity contribution >= 4 is 24.8 Å². The number of nitrogens with one attached hydrogen (secondary N) is 1. The Morgan fingerprint density at radius 1 is 0.889 bits per heavy atom. The van der Waals surface area contributed by atoms with Crippen LogP contribution in [-0.4, -0.2) is 52.4 Å². The molecule has 1 aliphatic heterocycles. The minimum Gasteiger partial charge on any atom is -0.496 e. The molecule has 27 heavy (non-hydrogen) atoms. The van der Waals surface area contributed by atoms with Crippen LogP contribution in [0.4, 0.5) is 0 Å². The molecule has 1 heterocycles. The highest BCUT2D eigenvalue weighted by atomic mass is 35.5. The van der Waals surface area contributed by atoms with Crippen molar-refractivity contribution in [3.05, 3.63) is 17.7 Å². The van der Waals surface area contributed by atoms with Crippen molar-refractivity contribution in [3.63, 3.8) is 0 Å². The Morgan fingerprint density at radius 2 is 1.44 bits per heavy atom. The van der Waals surface area contributed by atoms with E-state index < -0.39 is 0 Å². The third-order valence-electron chi connectivity index (χ3n) is 5.69. The van der Waals surface area contributed by atoms with Crippen LogP contribution >= 0.6 is 24.8 Å². The first-order valence-electron chi connectivity index (χ1n) is 9.53. The van der Waals surface area contributed by atoms with Gasteiger partial charge in [-0.3, -0.25) is 4.90 Å². The fraction of sp³-hybridized carbons (Fsp3) is 0.700. The molecule has 0 radical (unpaired) electrons. The molecular formula is C20H34Cl2N2O3. The van der Waals surface area contributed by atoms with Crippen molar-refractivity contribution in [2.24, 2.45) is 5.92 Å². The molecule has 1 saturated heterocycles. The summed E-state index contributed by atoms with van der Waals surface area (Å²) in [5.41, 5.74) is 1.19. The SMILES string of the molecule is COc1cc(OC)c([C@H](C2CCCCC2)N2CCNCC2)c(OC)c1.Cl.Cl. The molecule has 2 aliphatic rings. The molecule has 0 unspecified atom stereocenters. The van der Waals surface area contributed by atoms with Crippen LogP contribution in [0.5, 0.6) is 17.2 Å². The number of ether oxygens (including phenoxy) is 3. The highest BCUT2D eigenvalue weighted by Crippen LogP contribution is 2.47. The zero-order valence-corrected chi connectivity index (χ0v) is 18.3. The molecule has 1 aliphatic carbocycles. The Kier molecular flexibility index (Phi) is 10.6. The van der Waals surface area contributed by atoms with Crippen LogP contribution in [0.2, 0.25) is 0 Å². The molecule has 0 bridgehead atoms. The summed E-state index contributed by atoms with van der Waals surface area (Å²) in [6.45, 7) is 4.23. The highest BCUT2D eigenvalue weighted by Gasteiger charge is 2.35. The first-order valence-corrected chi connectivity index (χ1v) is 9.53. The summed E-state index contributed by atoms with van der Waals surface area (Å²) in [6.07, 6.45) is 6.59. The fourth-order valence-electron chi connectivity index (χ4n) is 4.45. The molecule has 0 spiro atoms. The van der Waals surface area contributed by atoms with Gasteiger partial charge < -0.3 is 19.5 Å². The summed E-state index contributed by atoms with van der Waals surface area (Å²) >= 11 is 0. The number of methoxy groups -OCH3 is 3. The maximum Gasteiger partial charge on any atom is 0.131 e. The van der Waals surface area contributed by atoms with Gasteiger partial charge in [0, 0.05) is 44.4 Å². The summed E-state index contributed by atoms with van der Waals surface area (Å²) in [5, 5.41) is 3.48. The lowest BCUT2D eigenvalue weighted by atomic mass is 9.79. The van der Waals surface area contributed by atoms with Crippen LogP contribution < -0.4 is 19.5 Å². The standard InChI is InChI=1S/C20H32N2O3.2ClH/c1-23-16-13-17(24-2)19(18(14-16)25-3)20(15-7-5-4-6-8-15)22-11-9-21-10-12-22;;/h13-15,20-21H,4-12H2,1-3H3;2*1H/t20-;;/m0../s1. The van der Waals surface area contributed by atoms with Gasteiger partial charge in [-0.05, 0) is 18.8 Å². The second-order valence-corrected chi connectivity index (χ2v) is 7.07. The third kappa shape index (κ3) is 5.57. The zero-order valence-electron chi connectivity index (χ0n) is 16.7. The van der Waals surface area contributed by atoms with Crippen LogP contribution in [0.15, 0.2) is 12.1 Å². The lowest BCUT2D eigenvalue weighted by Crippen LogP contribution is -2.47. The summed E-state index contributed by atoms with van der Waals surface area (Å²) in [6, 6.07) is 4.34. The quantitative estimate of drug-likeness (QED) is 0.750. The molecule has 5 nitrogen and oxygen atoms in total. The van der Waals surface area contributed by atoms with Gasteiger partial charge in [0.2, 0.25) is 0 Å². The van der Waals surface area contributed by atoms with Gasteiger partial charge in [-0.25, -0.2) is 0 Å². The number of hydrogen-bond acceptors (Lipinski definition) is 5. The first-order chi connectivity index (χ1) is 12.3. The molecule has 1 saturated carbocycles. The normalized spacial score (nSPS) is 19.4. The molecule has 1 atom stereocenters. The van der Waals surface area contributed by atoms with Crippen molar-refractivity contribution in [1.82, 2.24) is 10.2 Å². The molecule has 1 aromatic rings. The van der Waals surface area contributed by atoms with E-state index in [0.717, 1.165) is 43.4 Å². The number of benzene rings is 1.